The van der Waals surface area contributed by atoms with Gasteiger partial charge < -0.3 is 15.0 Å². The van der Waals surface area contributed by atoms with Crippen molar-refractivity contribution >= 4 is 17.5 Å². The molecule has 1 unspecified atom stereocenters. The van der Waals surface area contributed by atoms with Gasteiger partial charge >= 0.3 is 0 Å². The van der Waals surface area contributed by atoms with Crippen molar-refractivity contribution in [2.45, 2.75) is 32.7 Å². The normalized spacial score (nSPS) is 15.9. The number of hydrogen-bond acceptors (Lipinski definition) is 4. The van der Waals surface area contributed by atoms with Gasteiger partial charge in [-0.25, -0.2) is 0 Å². The molecule has 1 aliphatic heterocycles. The fourth-order valence-electron chi connectivity index (χ4n) is 3.37. The largest absolute Gasteiger partial charge is 0.497 e. The summed E-state index contributed by atoms with van der Waals surface area (Å²) in [5, 5.41) is 2.85. The highest BCUT2D eigenvalue weighted by Gasteiger charge is 2.34. The first-order valence-electron chi connectivity index (χ1n) is 9.14. The highest BCUT2D eigenvalue weighted by atomic mass is 16.5. The number of rotatable bonds is 6. The van der Waals surface area contributed by atoms with Crippen LogP contribution in [0.1, 0.15) is 37.4 Å². The Labute approximate surface area is 159 Å². The maximum absolute atomic E-state index is 13.4. The highest BCUT2D eigenvalue weighted by Crippen LogP contribution is 2.36. The predicted octanol–water partition coefficient (Wildman–Crippen LogP) is 3.20. The van der Waals surface area contributed by atoms with Crippen molar-refractivity contribution in [3.05, 3.63) is 53.9 Å². The number of anilines is 1. The molecule has 0 radical (unpaired) electrons. The van der Waals surface area contributed by atoms with E-state index in [-0.39, 0.29) is 18.2 Å². The molecule has 1 aromatic heterocycles. The van der Waals surface area contributed by atoms with Gasteiger partial charge in [0.2, 0.25) is 11.8 Å². The number of carbonyl (C=O) groups is 2. The third-order valence-electron chi connectivity index (χ3n) is 4.57. The molecule has 1 atom stereocenters. The minimum absolute atomic E-state index is 0.0568. The molecule has 0 saturated carbocycles. The summed E-state index contributed by atoms with van der Waals surface area (Å²) in [6.07, 6.45) is 1.86. The molecule has 0 aliphatic carbocycles. The minimum Gasteiger partial charge on any atom is -0.497 e. The van der Waals surface area contributed by atoms with E-state index in [2.05, 4.69) is 24.1 Å². The second-order valence-electron chi connectivity index (χ2n) is 7.19. The number of pyridine rings is 1. The number of ether oxygens (including phenoxy) is 1. The lowest BCUT2D eigenvalue weighted by molar-refractivity contribution is -0.136. The van der Waals surface area contributed by atoms with Crippen LogP contribution in [0.2, 0.25) is 0 Å². The molecule has 1 aliphatic rings. The Hall–Kier alpha value is -2.89. The number of amides is 2. The number of aromatic nitrogens is 1. The van der Waals surface area contributed by atoms with Crippen LogP contribution in [0.5, 0.6) is 5.75 Å². The van der Waals surface area contributed by atoms with Gasteiger partial charge in [-0.05, 0) is 41.8 Å². The summed E-state index contributed by atoms with van der Waals surface area (Å²) < 4.78 is 5.31. The summed E-state index contributed by atoms with van der Waals surface area (Å²) in [6, 6.07) is 11.1. The quantitative estimate of drug-likeness (QED) is 0.851. The van der Waals surface area contributed by atoms with E-state index >= 15 is 0 Å². The summed E-state index contributed by atoms with van der Waals surface area (Å²) in [7, 11) is 1.59. The van der Waals surface area contributed by atoms with Crippen LogP contribution >= 0.6 is 0 Å². The summed E-state index contributed by atoms with van der Waals surface area (Å²) in [5.41, 5.74) is 2.30. The van der Waals surface area contributed by atoms with E-state index < -0.39 is 5.92 Å². The number of methoxy groups -OCH3 is 1. The fraction of sp³-hybridized carbons (Fsp3) is 0.381. The van der Waals surface area contributed by atoms with Gasteiger partial charge in [-0.3, -0.25) is 14.6 Å². The lowest BCUT2D eigenvalue weighted by Crippen LogP contribution is -2.40. The third-order valence-corrected chi connectivity index (χ3v) is 4.57. The zero-order valence-corrected chi connectivity index (χ0v) is 15.9. The SMILES string of the molecule is COc1ccc2c(c1)C(C(=O)N(Cc1ccccn1)CC(C)C)CC(=O)N2. The van der Waals surface area contributed by atoms with Crippen molar-refractivity contribution in [3.8, 4) is 5.75 Å². The van der Waals surface area contributed by atoms with Gasteiger partial charge in [-0.15, -0.1) is 0 Å². The van der Waals surface area contributed by atoms with Gasteiger partial charge in [0.05, 0.1) is 25.3 Å². The van der Waals surface area contributed by atoms with Gasteiger partial charge in [0, 0.05) is 24.8 Å². The van der Waals surface area contributed by atoms with Gasteiger partial charge in [0.25, 0.3) is 0 Å². The molecule has 0 saturated heterocycles. The van der Waals surface area contributed by atoms with Gasteiger partial charge in [0.1, 0.15) is 5.75 Å². The summed E-state index contributed by atoms with van der Waals surface area (Å²) in [4.78, 5) is 31.7. The second kappa shape index (κ2) is 8.20. The average Bonchev–Trinajstić information content (AvgIpc) is 2.66. The highest BCUT2D eigenvalue weighted by molar-refractivity contribution is 6.01. The Bertz CT molecular complexity index is 821. The zero-order valence-electron chi connectivity index (χ0n) is 15.9. The van der Waals surface area contributed by atoms with E-state index in [9.17, 15) is 9.59 Å². The average molecular weight is 367 g/mol. The van der Waals surface area contributed by atoms with Crippen LogP contribution < -0.4 is 10.1 Å². The molecule has 2 aromatic rings. The molecule has 0 bridgehead atoms. The van der Waals surface area contributed by atoms with Crippen LogP contribution in [-0.2, 0) is 16.1 Å². The van der Waals surface area contributed by atoms with Crippen molar-refractivity contribution in [1.29, 1.82) is 0 Å². The Balaban J connectivity index is 1.92. The molecule has 1 aromatic carbocycles. The van der Waals surface area contributed by atoms with E-state index in [1.165, 1.54) is 0 Å². The maximum atomic E-state index is 13.4. The number of nitrogens with one attached hydrogen (secondary N) is 1. The first-order valence-corrected chi connectivity index (χ1v) is 9.14. The molecule has 2 heterocycles. The van der Waals surface area contributed by atoms with Gasteiger partial charge in [-0.2, -0.15) is 0 Å². The number of benzene rings is 1. The van der Waals surface area contributed by atoms with E-state index in [1.807, 2.05) is 24.3 Å². The second-order valence-corrected chi connectivity index (χ2v) is 7.19. The number of fused-ring (bicyclic) bond motifs is 1. The summed E-state index contributed by atoms with van der Waals surface area (Å²) >= 11 is 0. The van der Waals surface area contributed by atoms with Crippen LogP contribution in [0.15, 0.2) is 42.6 Å². The molecule has 6 nitrogen and oxygen atoms in total. The molecule has 2 amide bonds. The molecule has 0 spiro atoms. The van der Waals surface area contributed by atoms with Crippen LogP contribution in [0.3, 0.4) is 0 Å². The number of carbonyl (C=O) groups excluding carboxylic acids is 2. The molecule has 1 N–H and O–H groups in total. The Morgan fingerprint density at radius 3 is 2.81 bits per heavy atom. The molecule has 142 valence electrons. The first-order chi connectivity index (χ1) is 13.0. The predicted molar refractivity (Wildman–Crippen MR) is 103 cm³/mol. The van der Waals surface area contributed by atoms with Crippen LogP contribution in [0.25, 0.3) is 0 Å². The molecule has 6 heteroatoms. The number of nitrogens with zero attached hydrogens (tertiary/aromatic N) is 2. The third kappa shape index (κ3) is 4.45. The smallest absolute Gasteiger partial charge is 0.231 e. The van der Waals surface area contributed by atoms with Crippen molar-refractivity contribution in [3.63, 3.8) is 0 Å². The Kier molecular flexibility index (Phi) is 5.74. The van der Waals surface area contributed by atoms with E-state index in [1.54, 1.807) is 30.3 Å². The van der Waals surface area contributed by atoms with Crippen LogP contribution in [-0.4, -0.2) is 35.4 Å². The molecule has 0 fully saturated rings. The Morgan fingerprint density at radius 2 is 2.15 bits per heavy atom. The molecular weight excluding hydrogens is 342 g/mol. The molecule has 3 rings (SSSR count). The first kappa shape index (κ1) is 18.9. The number of hydrogen-bond donors (Lipinski definition) is 1. The van der Waals surface area contributed by atoms with Crippen molar-refractivity contribution < 1.29 is 14.3 Å². The standard InChI is InChI=1S/C21H25N3O3/c1-14(2)12-24(13-15-6-4-5-9-22-15)21(26)18-11-20(25)23-19-8-7-16(27-3)10-17(18)19/h4-10,14,18H,11-13H2,1-3H3,(H,23,25). The monoisotopic (exact) mass is 367 g/mol. The topological polar surface area (TPSA) is 71.5 Å². The van der Waals surface area contributed by atoms with Gasteiger partial charge in [-0.1, -0.05) is 19.9 Å². The lowest BCUT2D eigenvalue weighted by atomic mass is 9.88. The van der Waals surface area contributed by atoms with Crippen molar-refractivity contribution in [2.24, 2.45) is 5.92 Å². The van der Waals surface area contributed by atoms with Crippen molar-refractivity contribution in [1.82, 2.24) is 9.88 Å². The van der Waals surface area contributed by atoms with E-state index in [4.69, 9.17) is 4.74 Å². The molecular formula is C21H25N3O3. The van der Waals surface area contributed by atoms with E-state index in [0.29, 0.717) is 30.4 Å². The van der Waals surface area contributed by atoms with Gasteiger partial charge in [0.15, 0.2) is 0 Å². The maximum Gasteiger partial charge on any atom is 0.231 e. The Morgan fingerprint density at radius 1 is 1.33 bits per heavy atom. The lowest BCUT2D eigenvalue weighted by Gasteiger charge is -2.31. The zero-order chi connectivity index (χ0) is 19.4. The van der Waals surface area contributed by atoms with E-state index in [0.717, 1.165) is 11.3 Å². The summed E-state index contributed by atoms with van der Waals surface area (Å²) in [6.45, 7) is 5.18. The van der Waals surface area contributed by atoms with Crippen LogP contribution in [0, 0.1) is 5.92 Å². The van der Waals surface area contributed by atoms with Crippen molar-refractivity contribution in [2.75, 3.05) is 19.0 Å². The minimum atomic E-state index is -0.522. The summed E-state index contributed by atoms with van der Waals surface area (Å²) in [5.74, 6) is 0.251. The molecule has 27 heavy (non-hydrogen) atoms. The fourth-order valence-corrected chi connectivity index (χ4v) is 3.37. The van der Waals surface area contributed by atoms with Crippen LogP contribution in [0.4, 0.5) is 5.69 Å².